The summed E-state index contributed by atoms with van der Waals surface area (Å²) in [5.41, 5.74) is 1.32. The van der Waals surface area contributed by atoms with Crippen molar-refractivity contribution >= 4 is 0 Å². The third-order valence-corrected chi connectivity index (χ3v) is 2.02. The first-order valence-electron chi connectivity index (χ1n) is 3.67. The van der Waals surface area contributed by atoms with Crippen LogP contribution in [-0.2, 0) is 20.5 Å². The molecule has 3 heteroatoms. The second-order valence-electron chi connectivity index (χ2n) is 2.71. The molecule has 0 amide bonds. The standard InChI is InChI=1S/C8H15N2.H2O/c1-5-8-9(3)6-7(2)10(8)4;/h6H,5H2,1-4H3;1H2/q+1;/p-1. The molecule has 1 heterocycles. The van der Waals surface area contributed by atoms with Crippen molar-refractivity contribution in [3.8, 4) is 0 Å². The highest BCUT2D eigenvalue weighted by atomic mass is 16.0. The van der Waals surface area contributed by atoms with E-state index in [1.54, 1.807) is 0 Å². The van der Waals surface area contributed by atoms with Crippen LogP contribution in [0.4, 0.5) is 0 Å². The minimum absolute atomic E-state index is 0. The summed E-state index contributed by atoms with van der Waals surface area (Å²) in [6.07, 6.45) is 3.25. The van der Waals surface area contributed by atoms with Crippen LogP contribution in [0, 0.1) is 6.92 Å². The Hall–Kier alpha value is -0.830. The van der Waals surface area contributed by atoms with Crippen molar-refractivity contribution in [2.75, 3.05) is 0 Å². The van der Waals surface area contributed by atoms with Gasteiger partial charge in [0.15, 0.2) is 0 Å². The van der Waals surface area contributed by atoms with Crippen molar-refractivity contribution in [3.05, 3.63) is 17.7 Å². The molecule has 0 aliphatic heterocycles. The van der Waals surface area contributed by atoms with E-state index in [2.05, 4.69) is 43.3 Å². The summed E-state index contributed by atoms with van der Waals surface area (Å²) in [5.74, 6) is 1.37. The fourth-order valence-electron chi connectivity index (χ4n) is 1.37. The second kappa shape index (κ2) is 3.53. The molecule has 1 N–H and O–H groups in total. The number of nitrogens with zero attached hydrogens (tertiary/aromatic N) is 2. The first-order valence-corrected chi connectivity index (χ1v) is 3.67. The van der Waals surface area contributed by atoms with E-state index in [0.717, 1.165) is 6.42 Å². The van der Waals surface area contributed by atoms with Crippen LogP contribution in [0.25, 0.3) is 0 Å². The largest absolute Gasteiger partial charge is 0.870 e. The first kappa shape index (κ1) is 10.2. The van der Waals surface area contributed by atoms with Crippen LogP contribution < -0.4 is 4.57 Å². The number of aryl methyl sites for hydroxylation is 2. The van der Waals surface area contributed by atoms with E-state index >= 15 is 0 Å². The number of imidazole rings is 1. The molecule has 0 aliphatic rings. The van der Waals surface area contributed by atoms with Gasteiger partial charge in [-0.25, -0.2) is 9.13 Å². The highest BCUT2D eigenvalue weighted by Gasteiger charge is 2.11. The van der Waals surface area contributed by atoms with Crippen molar-refractivity contribution in [1.82, 2.24) is 4.57 Å². The van der Waals surface area contributed by atoms with Gasteiger partial charge < -0.3 is 5.48 Å². The molecule has 3 nitrogen and oxygen atoms in total. The zero-order valence-corrected chi connectivity index (χ0v) is 7.63. The van der Waals surface area contributed by atoms with Crippen molar-refractivity contribution in [1.29, 1.82) is 0 Å². The van der Waals surface area contributed by atoms with Crippen LogP contribution in [0.5, 0.6) is 0 Å². The molecule has 0 aromatic carbocycles. The summed E-state index contributed by atoms with van der Waals surface area (Å²) in [4.78, 5) is 0. The average Bonchev–Trinajstić information content (AvgIpc) is 2.09. The number of rotatable bonds is 1. The zero-order valence-electron chi connectivity index (χ0n) is 7.63. The highest BCUT2D eigenvalue weighted by molar-refractivity contribution is 4.94. The maximum Gasteiger partial charge on any atom is 0.255 e. The van der Waals surface area contributed by atoms with Gasteiger partial charge in [0.1, 0.15) is 11.9 Å². The van der Waals surface area contributed by atoms with Gasteiger partial charge in [-0.1, -0.05) is 6.92 Å². The molecule has 0 aliphatic carbocycles. The first-order chi connectivity index (χ1) is 4.66. The van der Waals surface area contributed by atoms with E-state index in [1.165, 1.54) is 11.5 Å². The van der Waals surface area contributed by atoms with Gasteiger partial charge >= 0.3 is 0 Å². The van der Waals surface area contributed by atoms with Crippen LogP contribution in [0.1, 0.15) is 18.4 Å². The molecule has 0 bridgehead atoms. The van der Waals surface area contributed by atoms with Gasteiger partial charge in [0, 0.05) is 13.3 Å². The normalized spacial score (nSPS) is 9.45. The van der Waals surface area contributed by atoms with Gasteiger partial charge in [-0.2, -0.15) is 0 Å². The van der Waals surface area contributed by atoms with Crippen LogP contribution in [0.2, 0.25) is 0 Å². The van der Waals surface area contributed by atoms with Crippen LogP contribution in [0.15, 0.2) is 6.20 Å². The van der Waals surface area contributed by atoms with Gasteiger partial charge in [0.25, 0.3) is 5.82 Å². The predicted molar refractivity (Wildman–Crippen MR) is 42.6 cm³/mol. The molecule has 1 rings (SSSR count). The number of aromatic nitrogens is 2. The molecule has 0 saturated carbocycles. The summed E-state index contributed by atoms with van der Waals surface area (Å²) in [7, 11) is 4.19. The number of hydrogen-bond donors (Lipinski definition) is 0. The molecule has 0 radical (unpaired) electrons. The summed E-state index contributed by atoms with van der Waals surface area (Å²) >= 11 is 0. The predicted octanol–water partition coefficient (Wildman–Crippen LogP) is 0.544. The SMILES string of the molecule is CCc1n(C)c(C)c[n+]1C.[OH-]. The average molecular weight is 156 g/mol. The second-order valence-corrected chi connectivity index (χ2v) is 2.71. The highest BCUT2D eigenvalue weighted by Crippen LogP contribution is 1.97. The minimum Gasteiger partial charge on any atom is -0.870 e. The minimum atomic E-state index is 0. The lowest BCUT2D eigenvalue weighted by molar-refractivity contribution is -0.678. The third-order valence-electron chi connectivity index (χ3n) is 2.02. The fourth-order valence-corrected chi connectivity index (χ4v) is 1.37. The molecule has 0 fully saturated rings. The van der Waals surface area contributed by atoms with Crippen LogP contribution >= 0.6 is 0 Å². The fraction of sp³-hybridized carbons (Fsp3) is 0.625. The van der Waals surface area contributed by atoms with E-state index in [4.69, 9.17) is 0 Å². The van der Waals surface area contributed by atoms with Gasteiger partial charge in [-0.15, -0.1) is 0 Å². The van der Waals surface area contributed by atoms with E-state index < -0.39 is 0 Å². The van der Waals surface area contributed by atoms with Gasteiger partial charge in [-0.05, 0) is 0 Å². The Morgan fingerprint density at radius 3 is 2.27 bits per heavy atom. The summed E-state index contributed by atoms with van der Waals surface area (Å²) < 4.78 is 4.40. The Morgan fingerprint density at radius 2 is 2.09 bits per heavy atom. The monoisotopic (exact) mass is 156 g/mol. The van der Waals surface area contributed by atoms with E-state index in [9.17, 15) is 0 Å². The van der Waals surface area contributed by atoms with Crippen molar-refractivity contribution in [2.24, 2.45) is 14.1 Å². The Morgan fingerprint density at radius 1 is 1.55 bits per heavy atom. The molecule has 11 heavy (non-hydrogen) atoms. The van der Waals surface area contributed by atoms with Crippen molar-refractivity contribution in [3.63, 3.8) is 0 Å². The molecule has 64 valence electrons. The molecular weight excluding hydrogens is 140 g/mol. The number of hydrogen-bond acceptors (Lipinski definition) is 1. The Bertz CT molecular complexity index is 240. The quantitative estimate of drug-likeness (QED) is 0.547. The maximum absolute atomic E-state index is 2.22. The molecule has 0 unspecified atom stereocenters. The van der Waals surface area contributed by atoms with E-state index in [-0.39, 0.29) is 5.48 Å². The Kier molecular flexibility index (Phi) is 3.26. The summed E-state index contributed by atoms with van der Waals surface area (Å²) in [6, 6.07) is 0. The zero-order chi connectivity index (χ0) is 7.72. The summed E-state index contributed by atoms with van der Waals surface area (Å²) in [6.45, 7) is 4.30. The maximum atomic E-state index is 2.22. The summed E-state index contributed by atoms with van der Waals surface area (Å²) in [5, 5.41) is 0. The van der Waals surface area contributed by atoms with E-state index in [1.807, 2.05) is 0 Å². The molecule has 0 spiro atoms. The smallest absolute Gasteiger partial charge is 0.255 e. The Labute approximate surface area is 67.6 Å². The molecule has 1 aromatic heterocycles. The van der Waals surface area contributed by atoms with Gasteiger partial charge in [0.2, 0.25) is 0 Å². The van der Waals surface area contributed by atoms with Crippen LogP contribution in [0.3, 0.4) is 0 Å². The molecule has 0 saturated heterocycles. The van der Waals surface area contributed by atoms with Gasteiger partial charge in [-0.3, -0.25) is 0 Å². The van der Waals surface area contributed by atoms with Crippen molar-refractivity contribution in [2.45, 2.75) is 20.3 Å². The molecule has 1 aromatic rings. The lowest BCUT2D eigenvalue weighted by Gasteiger charge is -1.91. The van der Waals surface area contributed by atoms with Crippen molar-refractivity contribution < 1.29 is 10.0 Å². The lowest BCUT2D eigenvalue weighted by Crippen LogP contribution is -2.31. The topological polar surface area (TPSA) is 38.8 Å². The molecule has 0 atom stereocenters. The Balaban J connectivity index is 0.000001000. The van der Waals surface area contributed by atoms with E-state index in [0.29, 0.717) is 0 Å². The molecular formula is C8H16N2O. The van der Waals surface area contributed by atoms with Gasteiger partial charge in [0.05, 0.1) is 14.1 Å². The lowest BCUT2D eigenvalue weighted by atomic mass is 10.4. The third kappa shape index (κ3) is 1.60. The van der Waals surface area contributed by atoms with Crippen LogP contribution in [-0.4, -0.2) is 10.0 Å².